The van der Waals surface area contributed by atoms with Crippen molar-refractivity contribution in [1.82, 2.24) is 5.32 Å². The van der Waals surface area contributed by atoms with Gasteiger partial charge in [-0.1, -0.05) is 321 Å². The van der Waals surface area contributed by atoms with Crippen LogP contribution in [0.2, 0.25) is 0 Å². The van der Waals surface area contributed by atoms with Crippen molar-refractivity contribution < 1.29 is 24.5 Å². The summed E-state index contributed by atoms with van der Waals surface area (Å²) in [6, 6.07) is -0.546. The van der Waals surface area contributed by atoms with Crippen LogP contribution in [0.1, 0.15) is 386 Å². The first-order valence-electron chi connectivity index (χ1n) is 34.6. The Morgan fingerprint density at radius 2 is 0.618 bits per heavy atom. The number of nitrogens with one attached hydrogen (secondary N) is 1. The van der Waals surface area contributed by atoms with Crippen LogP contribution >= 0.6 is 0 Å². The molecule has 6 nitrogen and oxygen atoms in total. The number of esters is 1. The largest absolute Gasteiger partial charge is 0.466 e. The molecule has 1 amide bonds. The fraction of sp³-hybridized carbons (Fsp3) is 0.914. The highest BCUT2D eigenvalue weighted by Gasteiger charge is 2.20. The van der Waals surface area contributed by atoms with Crippen molar-refractivity contribution in [3.63, 3.8) is 0 Å². The molecule has 0 fully saturated rings. The first-order valence-corrected chi connectivity index (χ1v) is 34.6. The van der Waals surface area contributed by atoms with Gasteiger partial charge >= 0.3 is 5.97 Å². The van der Waals surface area contributed by atoms with Gasteiger partial charge in [-0.2, -0.15) is 0 Å². The Morgan fingerprint density at radius 3 is 0.934 bits per heavy atom. The van der Waals surface area contributed by atoms with E-state index in [4.69, 9.17) is 4.74 Å². The van der Waals surface area contributed by atoms with Gasteiger partial charge in [-0.3, -0.25) is 9.59 Å². The summed E-state index contributed by atoms with van der Waals surface area (Å²) >= 11 is 0. The van der Waals surface area contributed by atoms with Crippen molar-refractivity contribution in [3.05, 3.63) is 24.3 Å². The molecule has 3 N–H and O–H groups in total. The lowest BCUT2D eigenvalue weighted by Crippen LogP contribution is -2.45. The molecule has 450 valence electrons. The van der Waals surface area contributed by atoms with Gasteiger partial charge in [0.15, 0.2) is 0 Å². The number of carbonyl (C=O) groups excluding carboxylic acids is 2. The predicted octanol–water partition coefficient (Wildman–Crippen LogP) is 22.1. The van der Waals surface area contributed by atoms with E-state index in [1.807, 2.05) is 0 Å². The highest BCUT2D eigenvalue weighted by atomic mass is 16.5. The maximum atomic E-state index is 12.5. The van der Waals surface area contributed by atoms with Gasteiger partial charge in [-0.25, -0.2) is 0 Å². The molecule has 0 aliphatic carbocycles. The van der Waals surface area contributed by atoms with E-state index < -0.39 is 12.1 Å². The lowest BCUT2D eigenvalue weighted by Gasteiger charge is -2.22. The number of allylic oxidation sites excluding steroid dienone is 4. The number of hydrogen-bond donors (Lipinski definition) is 3. The summed E-state index contributed by atoms with van der Waals surface area (Å²) in [6.45, 7) is 4.98. The van der Waals surface area contributed by atoms with Gasteiger partial charge < -0.3 is 20.3 Å². The molecule has 2 unspecified atom stereocenters. The van der Waals surface area contributed by atoms with E-state index >= 15 is 0 Å². The van der Waals surface area contributed by atoms with Crippen molar-refractivity contribution in [2.45, 2.75) is 398 Å². The van der Waals surface area contributed by atoms with E-state index in [0.29, 0.717) is 25.9 Å². The maximum absolute atomic E-state index is 12.5. The monoisotopic (exact) mass is 1070 g/mol. The average molecular weight is 1070 g/mol. The van der Waals surface area contributed by atoms with Gasteiger partial charge in [-0.15, -0.1) is 0 Å². The Hall–Kier alpha value is -1.66. The molecule has 0 saturated carbocycles. The number of rotatable bonds is 65. The second-order valence-electron chi connectivity index (χ2n) is 23.9. The molecule has 0 aromatic carbocycles. The Bertz CT molecular complexity index is 1190. The van der Waals surface area contributed by atoms with Crippen LogP contribution in [0.5, 0.6) is 0 Å². The van der Waals surface area contributed by atoms with E-state index in [1.165, 1.54) is 308 Å². The maximum Gasteiger partial charge on any atom is 0.305 e. The second kappa shape index (κ2) is 65.9. The zero-order valence-electron chi connectivity index (χ0n) is 51.5. The summed E-state index contributed by atoms with van der Waals surface area (Å²) < 4.78 is 5.50. The quantitative estimate of drug-likeness (QED) is 0.0320. The molecule has 0 aromatic heterocycles. The number of carbonyl (C=O) groups is 2. The number of amides is 1. The van der Waals surface area contributed by atoms with Crippen molar-refractivity contribution >= 4 is 11.9 Å². The normalized spacial score (nSPS) is 12.6. The Labute approximate surface area is 475 Å². The molecule has 0 bridgehead atoms. The van der Waals surface area contributed by atoms with Crippen molar-refractivity contribution in [1.29, 1.82) is 0 Å². The van der Waals surface area contributed by atoms with E-state index in [2.05, 4.69) is 43.5 Å². The molecule has 0 rings (SSSR count). The van der Waals surface area contributed by atoms with Gasteiger partial charge in [0, 0.05) is 12.8 Å². The topological polar surface area (TPSA) is 95.9 Å². The number of unbranched alkanes of at least 4 members (excludes halogenated alkanes) is 50. The van der Waals surface area contributed by atoms with E-state index in [0.717, 1.165) is 44.9 Å². The molecule has 6 heteroatoms. The number of ether oxygens (including phenoxy) is 1. The van der Waals surface area contributed by atoms with Crippen LogP contribution in [-0.2, 0) is 14.3 Å². The molecule has 0 heterocycles. The minimum atomic E-state index is -0.669. The summed E-state index contributed by atoms with van der Waals surface area (Å²) in [5.74, 6) is -0.0285. The molecular weight excluding hydrogens is 935 g/mol. The van der Waals surface area contributed by atoms with Gasteiger partial charge in [0.2, 0.25) is 5.91 Å². The SMILES string of the molecule is CCCCCCCCC/C=C\CCCCCCCCCC(=O)OCCCCCCCCCCCCCC/C=C\CCCCCCCCCC(=O)NC(CO)C(O)CCCCCCCCCCCCCCCCCCCC. The molecule has 0 aromatic rings. The highest BCUT2D eigenvalue weighted by molar-refractivity contribution is 5.76. The van der Waals surface area contributed by atoms with Crippen LogP contribution in [0.15, 0.2) is 24.3 Å². The van der Waals surface area contributed by atoms with Gasteiger partial charge in [0.05, 0.1) is 25.4 Å². The Kier molecular flexibility index (Phi) is 64.4. The fourth-order valence-corrected chi connectivity index (χ4v) is 10.9. The predicted molar refractivity (Wildman–Crippen MR) is 333 cm³/mol. The molecule has 0 aliphatic heterocycles. The first-order chi connectivity index (χ1) is 37.5. The van der Waals surface area contributed by atoms with Crippen LogP contribution in [0.4, 0.5) is 0 Å². The minimum absolute atomic E-state index is 0.00945. The Morgan fingerprint density at radius 1 is 0.355 bits per heavy atom. The van der Waals surface area contributed by atoms with E-state index in [-0.39, 0.29) is 18.5 Å². The third-order valence-electron chi connectivity index (χ3n) is 16.2. The molecule has 76 heavy (non-hydrogen) atoms. The molecule has 0 spiro atoms. The zero-order valence-corrected chi connectivity index (χ0v) is 51.5. The number of aliphatic hydroxyl groups excluding tert-OH is 2. The zero-order chi connectivity index (χ0) is 55.0. The van der Waals surface area contributed by atoms with Crippen LogP contribution in [-0.4, -0.2) is 47.4 Å². The van der Waals surface area contributed by atoms with Crippen LogP contribution in [0.25, 0.3) is 0 Å². The standard InChI is InChI=1S/C70H135NO5/c1-3-5-7-9-11-13-15-17-19-21-30-34-38-42-46-50-54-58-62-68(73)67(66-72)71-69(74)63-59-55-51-47-43-39-35-31-28-26-24-23-25-27-29-33-37-41-45-49-53-57-61-65-76-70(75)64-60-56-52-48-44-40-36-32-22-20-18-16-14-12-10-8-6-4-2/h20,22,26,28,67-68,72-73H,3-19,21,23-25,27,29-66H2,1-2H3,(H,71,74)/b22-20-,28-26-. The van der Waals surface area contributed by atoms with Gasteiger partial charge in [-0.05, 0) is 77.0 Å². The van der Waals surface area contributed by atoms with Crippen molar-refractivity contribution in [2.24, 2.45) is 0 Å². The average Bonchev–Trinajstić information content (AvgIpc) is 3.42. The molecule has 0 aliphatic rings. The molecular formula is C70H135NO5. The van der Waals surface area contributed by atoms with Crippen LogP contribution < -0.4 is 5.32 Å². The highest BCUT2D eigenvalue weighted by Crippen LogP contribution is 2.18. The van der Waals surface area contributed by atoms with E-state index in [9.17, 15) is 19.8 Å². The first kappa shape index (κ1) is 74.3. The molecule has 2 atom stereocenters. The van der Waals surface area contributed by atoms with E-state index in [1.54, 1.807) is 0 Å². The number of hydrogen-bond acceptors (Lipinski definition) is 5. The third-order valence-corrected chi connectivity index (χ3v) is 16.2. The minimum Gasteiger partial charge on any atom is -0.466 e. The second-order valence-corrected chi connectivity index (χ2v) is 23.9. The Balaban J connectivity index is 3.40. The lowest BCUT2D eigenvalue weighted by atomic mass is 10.0. The van der Waals surface area contributed by atoms with Gasteiger partial charge in [0.25, 0.3) is 0 Å². The van der Waals surface area contributed by atoms with Crippen molar-refractivity contribution in [3.8, 4) is 0 Å². The van der Waals surface area contributed by atoms with Crippen molar-refractivity contribution in [2.75, 3.05) is 13.2 Å². The third kappa shape index (κ3) is 61.6. The molecule has 0 saturated heterocycles. The smallest absolute Gasteiger partial charge is 0.305 e. The van der Waals surface area contributed by atoms with Crippen LogP contribution in [0, 0.1) is 0 Å². The summed E-state index contributed by atoms with van der Waals surface area (Å²) in [5, 5.41) is 23.4. The van der Waals surface area contributed by atoms with Crippen LogP contribution in [0.3, 0.4) is 0 Å². The summed E-state index contributed by atoms with van der Waals surface area (Å²) in [7, 11) is 0. The summed E-state index contributed by atoms with van der Waals surface area (Å²) in [6.07, 6.45) is 82.1. The molecule has 0 radical (unpaired) electrons. The summed E-state index contributed by atoms with van der Waals surface area (Å²) in [4.78, 5) is 24.6. The lowest BCUT2D eigenvalue weighted by molar-refractivity contribution is -0.143. The summed E-state index contributed by atoms with van der Waals surface area (Å²) in [5.41, 5.74) is 0. The number of aliphatic hydroxyl groups is 2. The fourth-order valence-electron chi connectivity index (χ4n) is 10.9. The van der Waals surface area contributed by atoms with Gasteiger partial charge in [0.1, 0.15) is 0 Å².